The number of nitrogens with zero attached hydrogens (tertiary/aromatic N) is 8. The van der Waals surface area contributed by atoms with Gasteiger partial charge in [-0.1, -0.05) is 6.42 Å². The van der Waals surface area contributed by atoms with Gasteiger partial charge in [0.25, 0.3) is 17.0 Å². The van der Waals surface area contributed by atoms with E-state index in [1.165, 1.54) is 17.0 Å². The van der Waals surface area contributed by atoms with Gasteiger partial charge in [-0.05, 0) is 67.3 Å². The Bertz CT molecular complexity index is 3070. The second-order valence-electron chi connectivity index (χ2n) is 16.7. The number of nitrogens with two attached hydrogens (primary N) is 1. The number of carbonyl (C=O) groups is 5. The molecule has 0 radical (unpaired) electrons. The van der Waals surface area contributed by atoms with Crippen LogP contribution >= 0.6 is 0 Å². The number of rotatable bonds is 12. The van der Waals surface area contributed by atoms with E-state index in [0.717, 1.165) is 36.6 Å². The summed E-state index contributed by atoms with van der Waals surface area (Å²) in [6, 6.07) is 17.6. The van der Waals surface area contributed by atoms with Crippen LogP contribution in [-0.2, 0) is 43.5 Å². The monoisotopic (exact) mass is 942 g/mol. The van der Waals surface area contributed by atoms with E-state index in [1.54, 1.807) is 71.1 Å². The van der Waals surface area contributed by atoms with E-state index >= 15 is 0 Å². The summed E-state index contributed by atoms with van der Waals surface area (Å²) in [5.41, 5.74) is 8.87. The number of nitrogens with one attached hydrogen (secondary N) is 1. The van der Waals surface area contributed by atoms with Gasteiger partial charge in [0.2, 0.25) is 11.8 Å². The van der Waals surface area contributed by atoms with Gasteiger partial charge >= 0.3 is 0 Å². The number of aldehydes is 1. The third-order valence-electron chi connectivity index (χ3n) is 11.9. The van der Waals surface area contributed by atoms with Gasteiger partial charge in [-0.15, -0.1) is 0 Å². The molecule has 4 aromatic heterocycles. The van der Waals surface area contributed by atoms with Gasteiger partial charge in [-0.2, -0.15) is 0 Å². The van der Waals surface area contributed by atoms with Crippen LogP contribution in [0.15, 0.2) is 82.6 Å². The van der Waals surface area contributed by atoms with Crippen LogP contribution in [0.25, 0.3) is 22.1 Å². The summed E-state index contributed by atoms with van der Waals surface area (Å²) in [7, 11) is 3.15. The Morgan fingerprint density at radius 3 is 1.97 bits per heavy atom. The topological polar surface area (TPSA) is 262 Å². The molecule has 21 nitrogen and oxygen atoms in total. The number of Topliss-reactive ketones (excluding diaryl/α,β-unsaturated/α-hetero) is 1. The smallest absolute Gasteiger partial charge is 0.269 e. The number of ketones is 1. The van der Waals surface area contributed by atoms with Gasteiger partial charge in [0.15, 0.2) is 24.0 Å². The third kappa shape index (κ3) is 11.0. The van der Waals surface area contributed by atoms with Crippen molar-refractivity contribution in [3.63, 3.8) is 0 Å². The predicted octanol–water partition coefficient (Wildman–Crippen LogP) is 3.00. The third-order valence-corrected chi connectivity index (χ3v) is 11.9. The quantitative estimate of drug-likeness (QED) is 0.132. The van der Waals surface area contributed by atoms with Crippen molar-refractivity contribution in [2.24, 2.45) is 11.7 Å². The van der Waals surface area contributed by atoms with Crippen LogP contribution in [-0.4, -0.2) is 105 Å². The highest BCUT2D eigenvalue weighted by Crippen LogP contribution is 2.33. The second-order valence-corrected chi connectivity index (χ2v) is 16.7. The summed E-state index contributed by atoms with van der Waals surface area (Å²) in [4.78, 5) is 102. The van der Waals surface area contributed by atoms with Crippen molar-refractivity contribution >= 4 is 69.3 Å². The minimum absolute atomic E-state index is 0.00315. The molecular formula is C48H50N10O11. The van der Waals surface area contributed by atoms with Crippen molar-refractivity contribution < 1.29 is 42.9 Å². The van der Waals surface area contributed by atoms with Gasteiger partial charge in [-0.25, -0.2) is 19.9 Å². The molecule has 3 N–H and O–H groups in total. The zero-order valence-electron chi connectivity index (χ0n) is 38.0. The standard InChI is InChI=1S/C24H25N5O5.C12H13N3O3.C12H12N2O3/c1-33-16-5-6-17-18(11-16)28(23(32)12-25-17)9-3-2-4-15-10-22(31)29(13-15)20-8-7-19-24(26-20)27-21(30)14-34-19;13-7-3-12(17)15(5-7)11-2-1-10-9(14-11)4-8(16)6-18-10;1-17-9-3-4-10-11(7-9)14(5-2-6-15)12(16)8-13-10/h5-8,11-12,15H,2-4,9-10,13-14H2,1H3,(H,26,27,30);1-2,7H,3-6,13H2;3-4,6-8H,2,5H2,1H3. The molecule has 0 saturated carbocycles. The average molecular weight is 943 g/mol. The summed E-state index contributed by atoms with van der Waals surface area (Å²) >= 11 is 0. The van der Waals surface area contributed by atoms with Crippen LogP contribution < -0.4 is 50.9 Å². The number of unbranched alkanes of at least 4 members (excludes halogenated alkanes) is 1. The summed E-state index contributed by atoms with van der Waals surface area (Å²) in [6.07, 6.45) is 7.32. The van der Waals surface area contributed by atoms with Crippen LogP contribution in [0, 0.1) is 5.92 Å². The van der Waals surface area contributed by atoms with Gasteiger partial charge in [-0.3, -0.25) is 38.6 Å². The van der Waals surface area contributed by atoms with Crippen LogP contribution in [0.4, 0.5) is 17.5 Å². The van der Waals surface area contributed by atoms with Gasteiger partial charge < -0.3 is 43.9 Å². The molecule has 2 atom stereocenters. The molecule has 0 aliphatic carbocycles. The lowest BCUT2D eigenvalue weighted by Crippen LogP contribution is -2.29. The van der Waals surface area contributed by atoms with Crippen LogP contribution in [0.3, 0.4) is 0 Å². The summed E-state index contributed by atoms with van der Waals surface area (Å²) in [6.45, 7) is 2.04. The Kier molecular flexibility index (Phi) is 14.6. The molecule has 0 bridgehead atoms. The Morgan fingerprint density at radius 1 is 0.725 bits per heavy atom. The number of hydrogen-bond acceptors (Lipinski definition) is 16. The number of aromatic nitrogens is 6. The van der Waals surface area contributed by atoms with Crippen LogP contribution in [0.2, 0.25) is 0 Å². The highest BCUT2D eigenvalue weighted by Gasteiger charge is 2.33. The van der Waals surface area contributed by atoms with E-state index in [1.807, 2.05) is 18.2 Å². The van der Waals surface area contributed by atoms with Crippen LogP contribution in [0.5, 0.6) is 23.0 Å². The van der Waals surface area contributed by atoms with Gasteiger partial charge in [0.05, 0.1) is 60.8 Å². The van der Waals surface area contributed by atoms with Crippen molar-refractivity contribution in [2.75, 3.05) is 55.6 Å². The molecule has 21 heteroatoms. The fourth-order valence-electron chi connectivity index (χ4n) is 8.42. The molecule has 2 aromatic carbocycles. The second kappa shape index (κ2) is 21.3. The normalized spacial score (nSPS) is 17.1. The van der Waals surface area contributed by atoms with Gasteiger partial charge in [0.1, 0.15) is 41.8 Å². The Balaban J connectivity index is 0.000000154. The lowest BCUT2D eigenvalue weighted by molar-refractivity contribution is -0.121. The maximum Gasteiger partial charge on any atom is 0.269 e. The van der Waals surface area contributed by atoms with Crippen LogP contribution in [0.1, 0.15) is 44.2 Å². The number of amides is 3. The fraction of sp³-hybridized carbons (Fsp3) is 0.354. The average Bonchev–Trinajstić information content (AvgIpc) is 3.91. The molecule has 0 spiro atoms. The number of benzene rings is 2. The van der Waals surface area contributed by atoms with Crippen molar-refractivity contribution in [2.45, 2.75) is 64.1 Å². The van der Waals surface area contributed by atoms with Crippen molar-refractivity contribution in [3.8, 4) is 23.0 Å². The molecule has 4 aliphatic heterocycles. The number of hydrogen-bond donors (Lipinski definition) is 2. The van der Waals surface area contributed by atoms with E-state index in [0.29, 0.717) is 103 Å². The first-order valence-corrected chi connectivity index (χ1v) is 22.4. The number of carbonyl (C=O) groups excluding carboxylic acids is 5. The van der Waals surface area contributed by atoms with Gasteiger partial charge in [0, 0.05) is 63.6 Å². The minimum atomic E-state index is -0.262. The highest BCUT2D eigenvalue weighted by atomic mass is 16.5. The zero-order chi connectivity index (χ0) is 48.6. The molecule has 8 heterocycles. The maximum atomic E-state index is 12.6. The summed E-state index contributed by atoms with van der Waals surface area (Å²) in [5.74, 6) is 3.80. The molecule has 6 aromatic rings. The van der Waals surface area contributed by atoms with E-state index in [4.69, 9.17) is 24.7 Å². The first-order valence-electron chi connectivity index (χ1n) is 22.4. The Morgan fingerprint density at radius 2 is 1.33 bits per heavy atom. The number of ether oxygens (including phenoxy) is 4. The van der Waals surface area contributed by atoms with Crippen molar-refractivity contribution in [1.29, 1.82) is 0 Å². The Labute approximate surface area is 394 Å². The number of fused-ring (bicyclic) bond motifs is 4. The molecule has 2 unspecified atom stereocenters. The van der Waals surface area contributed by atoms with Crippen molar-refractivity contribution in [3.05, 3.63) is 99.5 Å². The van der Waals surface area contributed by atoms with E-state index < -0.39 is 0 Å². The molecule has 3 amide bonds. The first kappa shape index (κ1) is 47.4. The lowest BCUT2D eigenvalue weighted by Gasteiger charge is -2.21. The predicted molar refractivity (Wildman–Crippen MR) is 252 cm³/mol. The fourth-order valence-corrected chi connectivity index (χ4v) is 8.42. The minimum Gasteiger partial charge on any atom is -0.497 e. The molecule has 358 valence electrons. The van der Waals surface area contributed by atoms with E-state index in [9.17, 15) is 33.6 Å². The molecule has 2 saturated heterocycles. The van der Waals surface area contributed by atoms with E-state index in [-0.39, 0.29) is 66.2 Å². The van der Waals surface area contributed by atoms with Crippen molar-refractivity contribution in [1.82, 2.24) is 29.1 Å². The molecular weight excluding hydrogens is 893 g/mol. The molecule has 69 heavy (non-hydrogen) atoms. The maximum absolute atomic E-state index is 12.6. The Hall–Kier alpha value is -8.07. The number of pyridine rings is 2. The SMILES string of the molecule is COc1ccc2ncc(=O)n(CCC=O)c2c1.COc1ccc2ncc(=O)n(CCCCC3CC(=O)N(c4ccc5c(n4)NC(=O)CO5)C3)c2c1.NC1CC(=O)N(c2ccc3c(n2)CC(=O)CO3)C1. The number of methoxy groups -OCH3 is 2. The number of anilines is 3. The summed E-state index contributed by atoms with van der Waals surface area (Å²) < 4.78 is 24.3. The first-order chi connectivity index (χ1) is 33.4. The highest BCUT2D eigenvalue weighted by molar-refractivity contribution is 5.97. The zero-order valence-corrected chi connectivity index (χ0v) is 38.0. The number of aryl methyl sites for hydroxylation is 2. The lowest BCUT2D eigenvalue weighted by atomic mass is 10.0. The molecule has 2 fully saturated rings. The summed E-state index contributed by atoms with van der Waals surface area (Å²) in [5, 5.41) is 2.68. The molecule has 4 aliphatic rings. The molecule has 10 rings (SSSR count). The largest absolute Gasteiger partial charge is 0.497 e. The van der Waals surface area contributed by atoms with E-state index in [2.05, 4.69) is 25.3 Å².